The second-order valence-electron chi connectivity index (χ2n) is 5.06. The number of hydrogen-bond donors (Lipinski definition) is 3. The van der Waals surface area contributed by atoms with E-state index in [2.05, 4.69) is 15.3 Å². The Bertz CT molecular complexity index is 786. The van der Waals surface area contributed by atoms with Gasteiger partial charge in [0.1, 0.15) is 6.61 Å². The predicted octanol–water partition coefficient (Wildman–Crippen LogP) is 1.84. The minimum absolute atomic E-state index is 0.0466. The Morgan fingerprint density at radius 2 is 2.00 bits per heavy atom. The van der Waals surface area contributed by atoms with Gasteiger partial charge in [-0.2, -0.15) is 0 Å². The molecule has 0 aliphatic carbocycles. The van der Waals surface area contributed by atoms with E-state index in [4.69, 9.17) is 9.84 Å². The maximum atomic E-state index is 12.0. The lowest BCUT2D eigenvalue weighted by molar-refractivity contribution is -0.136. The van der Waals surface area contributed by atoms with Crippen LogP contribution in [-0.2, 0) is 22.6 Å². The summed E-state index contributed by atoms with van der Waals surface area (Å²) in [5.41, 5.74) is 0.982. The van der Waals surface area contributed by atoms with Gasteiger partial charge in [0.2, 0.25) is 5.95 Å². The molecule has 2 aromatic rings. The van der Waals surface area contributed by atoms with E-state index in [1.54, 1.807) is 6.92 Å². The number of benzene rings is 1. The molecule has 8 nitrogen and oxygen atoms in total. The van der Waals surface area contributed by atoms with Crippen molar-refractivity contribution in [2.45, 2.75) is 26.4 Å². The van der Waals surface area contributed by atoms with Crippen molar-refractivity contribution in [2.24, 2.45) is 0 Å². The highest BCUT2D eigenvalue weighted by Gasteiger charge is 2.12. The molecule has 0 aliphatic heterocycles. The number of aliphatic carboxylic acids is 1. The molecule has 0 atom stereocenters. The summed E-state index contributed by atoms with van der Waals surface area (Å²) in [6, 6.07) is 9.14. The van der Waals surface area contributed by atoms with Crippen LogP contribution in [0.3, 0.4) is 0 Å². The topological polar surface area (TPSA) is 121 Å². The van der Waals surface area contributed by atoms with Crippen molar-refractivity contribution in [3.8, 4) is 0 Å². The minimum atomic E-state index is -1.000. The number of carboxylic acid groups (broad SMARTS) is 1. The molecule has 0 spiro atoms. The summed E-state index contributed by atoms with van der Waals surface area (Å²) in [5, 5.41) is 11.0. The number of rotatable bonds is 6. The van der Waals surface area contributed by atoms with Gasteiger partial charge >= 0.3 is 12.1 Å². The Balaban J connectivity index is 1.98. The molecule has 0 unspecified atom stereocenters. The molecule has 1 amide bonds. The van der Waals surface area contributed by atoms with Gasteiger partial charge in [0.25, 0.3) is 5.56 Å². The molecule has 8 heteroatoms. The molecule has 2 rings (SSSR count). The van der Waals surface area contributed by atoms with Gasteiger partial charge in [0, 0.05) is 17.7 Å². The third kappa shape index (κ3) is 4.94. The maximum absolute atomic E-state index is 12.0. The van der Waals surface area contributed by atoms with Crippen LogP contribution in [0, 0.1) is 6.92 Å². The van der Waals surface area contributed by atoms with E-state index >= 15 is 0 Å². The molecule has 0 bridgehead atoms. The molecule has 3 N–H and O–H groups in total. The van der Waals surface area contributed by atoms with Crippen LogP contribution < -0.4 is 10.9 Å². The van der Waals surface area contributed by atoms with Gasteiger partial charge in [-0.05, 0) is 18.9 Å². The van der Waals surface area contributed by atoms with Gasteiger partial charge in [-0.3, -0.25) is 19.9 Å². The summed E-state index contributed by atoms with van der Waals surface area (Å²) in [5.74, 6) is -1.05. The average molecular weight is 331 g/mol. The van der Waals surface area contributed by atoms with Crippen molar-refractivity contribution in [3.05, 3.63) is 57.5 Å². The molecular formula is C16H17N3O5. The number of aromatic nitrogens is 2. The van der Waals surface area contributed by atoms with Gasteiger partial charge in [-0.25, -0.2) is 9.78 Å². The fraction of sp³-hybridized carbons (Fsp3) is 0.250. The highest BCUT2D eigenvalue weighted by Crippen LogP contribution is 2.06. The van der Waals surface area contributed by atoms with Gasteiger partial charge < -0.3 is 9.84 Å². The van der Waals surface area contributed by atoms with Crippen LogP contribution in [0.4, 0.5) is 10.7 Å². The first-order valence-electron chi connectivity index (χ1n) is 7.25. The molecule has 1 heterocycles. The number of hydrogen-bond acceptors (Lipinski definition) is 5. The van der Waals surface area contributed by atoms with Crippen molar-refractivity contribution in [1.29, 1.82) is 0 Å². The Kier molecular flexibility index (Phi) is 5.67. The molecule has 126 valence electrons. The van der Waals surface area contributed by atoms with E-state index < -0.39 is 17.6 Å². The molecule has 0 saturated heterocycles. The first kappa shape index (κ1) is 17.2. The average Bonchev–Trinajstić information content (AvgIpc) is 2.53. The van der Waals surface area contributed by atoms with Gasteiger partial charge in [0.15, 0.2) is 0 Å². The fourth-order valence-corrected chi connectivity index (χ4v) is 2.05. The highest BCUT2D eigenvalue weighted by molar-refractivity contribution is 5.82. The van der Waals surface area contributed by atoms with Crippen molar-refractivity contribution < 1.29 is 19.4 Å². The summed E-state index contributed by atoms with van der Waals surface area (Å²) in [6.45, 7) is 1.67. The van der Waals surface area contributed by atoms with Crippen LogP contribution >= 0.6 is 0 Å². The second-order valence-corrected chi connectivity index (χ2v) is 5.06. The zero-order valence-electron chi connectivity index (χ0n) is 13.0. The minimum Gasteiger partial charge on any atom is -0.481 e. The van der Waals surface area contributed by atoms with E-state index in [-0.39, 0.29) is 31.0 Å². The third-order valence-electron chi connectivity index (χ3n) is 3.24. The van der Waals surface area contributed by atoms with Crippen LogP contribution in [0.1, 0.15) is 23.2 Å². The van der Waals surface area contributed by atoms with Crippen LogP contribution in [0.2, 0.25) is 0 Å². The largest absolute Gasteiger partial charge is 0.481 e. The van der Waals surface area contributed by atoms with E-state index in [1.165, 1.54) is 0 Å². The smallest absolute Gasteiger partial charge is 0.414 e. The first-order chi connectivity index (χ1) is 11.5. The number of carbonyl (C=O) groups is 2. The van der Waals surface area contributed by atoms with Crippen molar-refractivity contribution in [3.63, 3.8) is 0 Å². The van der Waals surface area contributed by atoms with Crippen LogP contribution in [0.25, 0.3) is 0 Å². The van der Waals surface area contributed by atoms with Crippen LogP contribution in [0.5, 0.6) is 0 Å². The van der Waals surface area contributed by atoms with E-state index in [1.807, 2.05) is 30.3 Å². The SMILES string of the molecule is Cc1nc(NC(=O)OCc2ccccc2)[nH]c(=O)c1CCC(=O)O. The summed E-state index contributed by atoms with van der Waals surface area (Å²) in [6.07, 6.45) is -0.848. The molecule has 0 saturated carbocycles. The van der Waals surface area contributed by atoms with E-state index in [9.17, 15) is 14.4 Å². The highest BCUT2D eigenvalue weighted by atomic mass is 16.5. The summed E-state index contributed by atoms with van der Waals surface area (Å²) < 4.78 is 5.03. The molecule has 0 aliphatic rings. The van der Waals surface area contributed by atoms with Crippen molar-refractivity contribution in [2.75, 3.05) is 5.32 Å². The number of aromatic amines is 1. The normalized spacial score (nSPS) is 10.2. The number of carboxylic acids is 1. The zero-order valence-corrected chi connectivity index (χ0v) is 13.0. The van der Waals surface area contributed by atoms with Gasteiger partial charge in [0.05, 0.1) is 0 Å². The Morgan fingerprint density at radius 3 is 2.62 bits per heavy atom. The maximum Gasteiger partial charge on any atom is 0.414 e. The Morgan fingerprint density at radius 1 is 1.29 bits per heavy atom. The van der Waals surface area contributed by atoms with Gasteiger partial charge in [-0.1, -0.05) is 30.3 Å². The standard InChI is InChI=1S/C16H17N3O5/c1-10-12(7-8-13(20)21)14(22)18-15(17-10)19-16(23)24-9-11-5-3-2-4-6-11/h2-6H,7-9H2,1H3,(H,20,21)(H2,17,18,19,22,23). The fourth-order valence-electron chi connectivity index (χ4n) is 2.05. The van der Waals surface area contributed by atoms with E-state index in [0.29, 0.717) is 5.69 Å². The zero-order chi connectivity index (χ0) is 17.5. The lowest BCUT2D eigenvalue weighted by atomic mass is 10.1. The lowest BCUT2D eigenvalue weighted by Crippen LogP contribution is -2.23. The Hall–Kier alpha value is -3.16. The number of anilines is 1. The molecule has 0 fully saturated rings. The monoisotopic (exact) mass is 331 g/mol. The molecule has 0 radical (unpaired) electrons. The number of H-pyrrole nitrogens is 1. The summed E-state index contributed by atoms with van der Waals surface area (Å²) >= 11 is 0. The Labute approximate surface area is 137 Å². The number of nitrogens with one attached hydrogen (secondary N) is 2. The van der Waals surface area contributed by atoms with E-state index in [0.717, 1.165) is 5.56 Å². The number of carbonyl (C=O) groups excluding carboxylic acids is 1. The summed E-state index contributed by atoms with van der Waals surface area (Å²) in [4.78, 5) is 40.7. The van der Waals surface area contributed by atoms with Crippen molar-refractivity contribution in [1.82, 2.24) is 9.97 Å². The molecule has 1 aromatic heterocycles. The molecular weight excluding hydrogens is 314 g/mol. The van der Waals surface area contributed by atoms with Crippen LogP contribution in [-0.4, -0.2) is 27.1 Å². The molecule has 24 heavy (non-hydrogen) atoms. The number of amides is 1. The van der Waals surface area contributed by atoms with Crippen LogP contribution in [0.15, 0.2) is 35.1 Å². The third-order valence-corrected chi connectivity index (χ3v) is 3.24. The molecule has 1 aromatic carbocycles. The first-order valence-corrected chi connectivity index (χ1v) is 7.25. The summed E-state index contributed by atoms with van der Waals surface area (Å²) in [7, 11) is 0. The lowest BCUT2D eigenvalue weighted by Gasteiger charge is -2.08. The second kappa shape index (κ2) is 7.91. The predicted molar refractivity (Wildman–Crippen MR) is 85.8 cm³/mol. The van der Waals surface area contributed by atoms with Crippen molar-refractivity contribution >= 4 is 18.0 Å². The number of nitrogens with zero attached hydrogens (tertiary/aromatic N) is 1. The number of ether oxygens (including phenoxy) is 1. The quantitative estimate of drug-likeness (QED) is 0.742. The number of aryl methyl sites for hydroxylation is 1. The van der Waals surface area contributed by atoms with Gasteiger partial charge in [-0.15, -0.1) is 0 Å².